The standard InChI is InChI=1S/C11H14ClNO5S2/c1-18-11-3-2-8(6-10(11)12)13-20(16,17)9-4-5-19(14,15)7-9/h2-3,6,9,13H,4-5,7H2,1H3/t9-/m1/s1. The van der Waals surface area contributed by atoms with Crippen LogP contribution in [0.4, 0.5) is 5.69 Å². The number of rotatable bonds is 4. The Hall–Kier alpha value is -0.990. The van der Waals surface area contributed by atoms with Gasteiger partial charge in [-0.1, -0.05) is 11.6 Å². The Balaban J connectivity index is 2.19. The molecule has 1 aromatic carbocycles. The second kappa shape index (κ2) is 5.42. The fourth-order valence-corrected chi connectivity index (χ4v) is 6.32. The van der Waals surface area contributed by atoms with E-state index in [2.05, 4.69) is 4.72 Å². The second-order valence-electron chi connectivity index (χ2n) is 4.52. The predicted molar refractivity (Wildman–Crippen MR) is 77.6 cm³/mol. The highest BCUT2D eigenvalue weighted by Gasteiger charge is 2.37. The van der Waals surface area contributed by atoms with E-state index in [0.717, 1.165) is 0 Å². The van der Waals surface area contributed by atoms with E-state index in [4.69, 9.17) is 16.3 Å². The van der Waals surface area contributed by atoms with Crippen molar-refractivity contribution in [1.82, 2.24) is 0 Å². The molecule has 1 fully saturated rings. The van der Waals surface area contributed by atoms with E-state index in [1.54, 1.807) is 0 Å². The van der Waals surface area contributed by atoms with Crippen LogP contribution in [0.25, 0.3) is 0 Å². The van der Waals surface area contributed by atoms with Gasteiger partial charge >= 0.3 is 0 Å². The van der Waals surface area contributed by atoms with E-state index >= 15 is 0 Å². The lowest BCUT2D eigenvalue weighted by molar-refractivity contribution is 0.415. The zero-order valence-corrected chi connectivity index (χ0v) is 13.1. The van der Waals surface area contributed by atoms with Crippen LogP contribution in [0, 0.1) is 0 Å². The molecule has 1 aromatic rings. The zero-order chi connectivity index (χ0) is 15.0. The lowest BCUT2D eigenvalue weighted by Gasteiger charge is -2.13. The Kier molecular flexibility index (Phi) is 4.17. The minimum Gasteiger partial charge on any atom is -0.495 e. The summed E-state index contributed by atoms with van der Waals surface area (Å²) in [7, 11) is -5.55. The predicted octanol–water partition coefficient (Wildman–Crippen LogP) is 1.28. The molecule has 1 saturated heterocycles. The topological polar surface area (TPSA) is 89.5 Å². The highest BCUT2D eigenvalue weighted by molar-refractivity contribution is 7.97. The summed E-state index contributed by atoms with van der Waals surface area (Å²) >= 11 is 5.91. The van der Waals surface area contributed by atoms with Crippen LogP contribution in [-0.2, 0) is 19.9 Å². The first kappa shape index (κ1) is 15.4. The monoisotopic (exact) mass is 339 g/mol. The summed E-state index contributed by atoms with van der Waals surface area (Å²) in [5.74, 6) is -0.00759. The molecule has 9 heteroatoms. The number of sulfonamides is 1. The van der Waals surface area contributed by atoms with Gasteiger partial charge in [-0.2, -0.15) is 0 Å². The molecule has 1 aliphatic heterocycles. The molecule has 1 aliphatic rings. The quantitative estimate of drug-likeness (QED) is 0.892. The third-order valence-corrected chi connectivity index (χ3v) is 7.12. The second-order valence-corrected chi connectivity index (χ2v) is 9.12. The maximum absolute atomic E-state index is 12.1. The number of anilines is 1. The van der Waals surface area contributed by atoms with Gasteiger partial charge in [0.15, 0.2) is 9.84 Å². The van der Waals surface area contributed by atoms with Gasteiger partial charge in [0.2, 0.25) is 10.0 Å². The summed E-state index contributed by atoms with van der Waals surface area (Å²) in [6.07, 6.45) is 0.113. The summed E-state index contributed by atoms with van der Waals surface area (Å²) in [4.78, 5) is 0. The average Bonchev–Trinajstić information content (AvgIpc) is 2.70. The van der Waals surface area contributed by atoms with Gasteiger partial charge in [-0.3, -0.25) is 4.72 Å². The van der Waals surface area contributed by atoms with Crippen molar-refractivity contribution in [2.24, 2.45) is 0 Å². The minimum atomic E-state index is -3.75. The first-order valence-electron chi connectivity index (χ1n) is 5.79. The van der Waals surface area contributed by atoms with E-state index in [1.165, 1.54) is 25.3 Å². The van der Waals surface area contributed by atoms with Gasteiger partial charge in [0.1, 0.15) is 5.75 Å². The van der Waals surface area contributed by atoms with Crippen molar-refractivity contribution in [2.75, 3.05) is 23.3 Å². The molecule has 0 saturated carbocycles. The normalized spacial score (nSPS) is 21.6. The van der Waals surface area contributed by atoms with Crippen molar-refractivity contribution >= 4 is 37.1 Å². The van der Waals surface area contributed by atoms with E-state index in [9.17, 15) is 16.8 Å². The number of nitrogens with one attached hydrogen (secondary N) is 1. The molecule has 0 aromatic heterocycles. The van der Waals surface area contributed by atoms with Gasteiger partial charge in [0, 0.05) is 0 Å². The Morgan fingerprint density at radius 1 is 1.40 bits per heavy atom. The van der Waals surface area contributed by atoms with Gasteiger partial charge in [-0.05, 0) is 24.6 Å². The third-order valence-electron chi connectivity index (χ3n) is 3.04. The van der Waals surface area contributed by atoms with Crippen LogP contribution in [0.2, 0.25) is 5.02 Å². The fourth-order valence-electron chi connectivity index (χ4n) is 1.98. The molecule has 0 bridgehead atoms. The number of hydrogen-bond donors (Lipinski definition) is 1. The zero-order valence-electron chi connectivity index (χ0n) is 10.7. The number of hydrogen-bond acceptors (Lipinski definition) is 5. The van der Waals surface area contributed by atoms with Crippen LogP contribution in [0.3, 0.4) is 0 Å². The van der Waals surface area contributed by atoms with Crippen LogP contribution in [-0.4, -0.2) is 40.7 Å². The smallest absolute Gasteiger partial charge is 0.236 e. The van der Waals surface area contributed by atoms with Crippen LogP contribution in [0.1, 0.15) is 6.42 Å². The Bertz CT molecular complexity index is 714. The molecule has 0 spiro atoms. The molecule has 0 aliphatic carbocycles. The molecule has 1 heterocycles. The van der Waals surface area contributed by atoms with Crippen molar-refractivity contribution in [2.45, 2.75) is 11.7 Å². The van der Waals surface area contributed by atoms with E-state index in [1.807, 2.05) is 0 Å². The molecule has 0 radical (unpaired) electrons. The lowest BCUT2D eigenvalue weighted by atomic mass is 10.3. The highest BCUT2D eigenvalue weighted by Crippen LogP contribution is 2.29. The lowest BCUT2D eigenvalue weighted by Crippen LogP contribution is -2.28. The summed E-state index contributed by atoms with van der Waals surface area (Å²) in [5.41, 5.74) is 0.278. The van der Waals surface area contributed by atoms with Gasteiger partial charge in [-0.25, -0.2) is 16.8 Å². The molecule has 0 unspecified atom stereocenters. The number of sulfone groups is 1. The van der Waals surface area contributed by atoms with Gasteiger partial charge in [0.25, 0.3) is 0 Å². The van der Waals surface area contributed by atoms with Gasteiger partial charge < -0.3 is 4.74 Å². The maximum atomic E-state index is 12.1. The molecular weight excluding hydrogens is 326 g/mol. The molecule has 112 valence electrons. The largest absolute Gasteiger partial charge is 0.495 e. The Morgan fingerprint density at radius 2 is 2.10 bits per heavy atom. The summed E-state index contributed by atoms with van der Waals surface area (Å²) < 4.78 is 54.2. The Labute approximate surface area is 123 Å². The van der Waals surface area contributed by atoms with Crippen molar-refractivity contribution < 1.29 is 21.6 Å². The number of methoxy groups -OCH3 is 1. The van der Waals surface area contributed by atoms with E-state index in [0.29, 0.717) is 5.75 Å². The minimum absolute atomic E-state index is 0.0953. The molecule has 20 heavy (non-hydrogen) atoms. The SMILES string of the molecule is COc1ccc(NS(=O)(=O)[C@@H]2CCS(=O)(=O)C2)cc1Cl. The van der Waals surface area contributed by atoms with Crippen LogP contribution in [0.15, 0.2) is 18.2 Å². The van der Waals surface area contributed by atoms with Crippen LogP contribution in [0.5, 0.6) is 5.75 Å². The maximum Gasteiger partial charge on any atom is 0.236 e. The third kappa shape index (κ3) is 3.36. The first-order valence-corrected chi connectivity index (χ1v) is 9.54. The van der Waals surface area contributed by atoms with Crippen molar-refractivity contribution in [3.05, 3.63) is 23.2 Å². The van der Waals surface area contributed by atoms with Gasteiger partial charge in [-0.15, -0.1) is 0 Å². The van der Waals surface area contributed by atoms with Crippen molar-refractivity contribution in [3.63, 3.8) is 0 Å². The van der Waals surface area contributed by atoms with Crippen LogP contribution >= 0.6 is 11.6 Å². The fraction of sp³-hybridized carbons (Fsp3) is 0.455. The number of benzene rings is 1. The number of halogens is 1. The molecule has 6 nitrogen and oxygen atoms in total. The average molecular weight is 340 g/mol. The number of ether oxygens (including phenoxy) is 1. The molecule has 1 atom stereocenters. The Morgan fingerprint density at radius 3 is 2.60 bits per heavy atom. The van der Waals surface area contributed by atoms with Gasteiger partial charge in [0.05, 0.1) is 34.6 Å². The molecule has 1 N–H and O–H groups in total. The summed E-state index contributed by atoms with van der Waals surface area (Å²) in [5, 5.41) is -0.653. The summed E-state index contributed by atoms with van der Waals surface area (Å²) in [6, 6.07) is 4.46. The van der Waals surface area contributed by atoms with E-state index < -0.39 is 25.1 Å². The van der Waals surface area contributed by atoms with Crippen molar-refractivity contribution in [3.8, 4) is 5.75 Å². The molecule has 2 rings (SSSR count). The first-order chi connectivity index (χ1) is 9.23. The van der Waals surface area contributed by atoms with E-state index in [-0.39, 0.29) is 28.6 Å². The van der Waals surface area contributed by atoms with Crippen LogP contribution < -0.4 is 9.46 Å². The van der Waals surface area contributed by atoms with Crippen molar-refractivity contribution in [1.29, 1.82) is 0 Å². The highest BCUT2D eigenvalue weighted by atomic mass is 35.5. The summed E-state index contributed by atoms with van der Waals surface area (Å²) in [6.45, 7) is 0. The molecule has 0 amide bonds. The molecular formula is C11H14ClNO5S2.